The average Bonchev–Trinajstić information content (AvgIpc) is 3.12. The molecule has 0 bridgehead atoms. The molecule has 2 aromatic heterocycles. The van der Waals surface area contributed by atoms with Crippen molar-refractivity contribution in [3.63, 3.8) is 0 Å². The third-order valence-electron chi connectivity index (χ3n) is 4.72. The van der Waals surface area contributed by atoms with Crippen LogP contribution in [0.4, 0.5) is 19.0 Å². The lowest BCUT2D eigenvalue weighted by atomic mass is 10.0. The fraction of sp³-hybridized carbons (Fsp3) is 0.278. The number of pyridine rings is 1. The molecular formula is C18H14ClF3N4O. The minimum atomic E-state index is -4.56. The summed E-state index contributed by atoms with van der Waals surface area (Å²) in [6, 6.07) is 4.61. The van der Waals surface area contributed by atoms with Gasteiger partial charge in [0.15, 0.2) is 0 Å². The van der Waals surface area contributed by atoms with Crippen molar-refractivity contribution >= 4 is 34.1 Å². The molecule has 0 unspecified atom stereocenters. The Morgan fingerprint density at radius 1 is 1.30 bits per heavy atom. The van der Waals surface area contributed by atoms with Crippen molar-refractivity contribution < 1.29 is 18.0 Å². The molecule has 1 fully saturated rings. The molecule has 2 atom stereocenters. The van der Waals surface area contributed by atoms with Crippen molar-refractivity contribution in [2.75, 3.05) is 5.32 Å². The summed E-state index contributed by atoms with van der Waals surface area (Å²) < 4.78 is 39.4. The van der Waals surface area contributed by atoms with Crippen molar-refractivity contribution in [1.82, 2.24) is 15.2 Å². The van der Waals surface area contributed by atoms with Crippen LogP contribution in [0.25, 0.3) is 21.9 Å². The molecule has 1 aromatic carbocycles. The Morgan fingerprint density at radius 3 is 2.70 bits per heavy atom. The van der Waals surface area contributed by atoms with E-state index >= 15 is 0 Å². The van der Waals surface area contributed by atoms with Crippen LogP contribution in [0.3, 0.4) is 0 Å². The summed E-state index contributed by atoms with van der Waals surface area (Å²) in [6.07, 6.45) is -1.12. The second kappa shape index (κ2) is 6.23. The Bertz CT molecular complexity index is 1050. The summed E-state index contributed by atoms with van der Waals surface area (Å²) in [6.45, 7) is 1.99. The van der Waals surface area contributed by atoms with Gasteiger partial charge < -0.3 is 5.32 Å². The van der Waals surface area contributed by atoms with Crippen LogP contribution in [0.5, 0.6) is 0 Å². The van der Waals surface area contributed by atoms with Gasteiger partial charge in [-0.2, -0.15) is 18.3 Å². The largest absolute Gasteiger partial charge is 0.433 e. The number of aromatic amines is 1. The third kappa shape index (κ3) is 3.37. The Hall–Kier alpha value is -2.61. The molecule has 0 saturated heterocycles. The summed E-state index contributed by atoms with van der Waals surface area (Å²) in [4.78, 5) is 16.3. The molecule has 1 aliphatic carbocycles. The minimum absolute atomic E-state index is 0.0160. The lowest BCUT2D eigenvalue weighted by Crippen LogP contribution is -2.15. The predicted octanol–water partition coefficient (Wildman–Crippen LogP) is 4.89. The molecule has 2 heterocycles. The number of hydrogen-bond donors (Lipinski definition) is 2. The molecule has 0 radical (unpaired) electrons. The van der Waals surface area contributed by atoms with Crippen LogP contribution in [-0.4, -0.2) is 21.1 Å². The Balaban J connectivity index is 1.73. The van der Waals surface area contributed by atoms with Crippen LogP contribution in [0.15, 0.2) is 30.6 Å². The van der Waals surface area contributed by atoms with E-state index in [2.05, 4.69) is 15.4 Å². The maximum Gasteiger partial charge on any atom is 0.433 e. The fourth-order valence-electron chi connectivity index (χ4n) is 3.06. The molecule has 1 aliphatic rings. The number of hydrogen-bond acceptors (Lipinski definition) is 3. The van der Waals surface area contributed by atoms with E-state index in [1.54, 1.807) is 12.1 Å². The van der Waals surface area contributed by atoms with Gasteiger partial charge in [0.1, 0.15) is 11.5 Å². The van der Waals surface area contributed by atoms with Crippen LogP contribution < -0.4 is 5.32 Å². The number of carbonyl (C=O) groups excluding carboxylic acids is 1. The van der Waals surface area contributed by atoms with Crippen molar-refractivity contribution in [3.05, 3.63) is 41.3 Å². The summed E-state index contributed by atoms with van der Waals surface area (Å²) in [5.41, 5.74) is -0.767. The van der Waals surface area contributed by atoms with Crippen LogP contribution in [0.2, 0.25) is 5.02 Å². The van der Waals surface area contributed by atoms with Gasteiger partial charge in [0, 0.05) is 23.1 Å². The Kier molecular flexibility index (Phi) is 4.10. The number of alkyl halides is 3. The summed E-state index contributed by atoms with van der Waals surface area (Å²) in [5.74, 6) is 0.569. The number of nitrogens with zero attached hydrogens (tertiary/aromatic N) is 2. The lowest BCUT2D eigenvalue weighted by molar-refractivity contribution is -0.140. The first kappa shape index (κ1) is 17.8. The molecule has 27 heavy (non-hydrogen) atoms. The number of rotatable bonds is 3. The summed E-state index contributed by atoms with van der Waals surface area (Å²) in [7, 11) is 0. The van der Waals surface area contributed by atoms with E-state index in [0.717, 1.165) is 12.6 Å². The number of amides is 1. The molecule has 0 spiro atoms. The van der Waals surface area contributed by atoms with Gasteiger partial charge in [0.2, 0.25) is 5.91 Å². The van der Waals surface area contributed by atoms with Crippen LogP contribution in [-0.2, 0) is 11.0 Å². The van der Waals surface area contributed by atoms with E-state index in [4.69, 9.17) is 11.6 Å². The molecule has 2 N–H and O–H groups in total. The van der Waals surface area contributed by atoms with Crippen molar-refractivity contribution in [2.24, 2.45) is 11.8 Å². The number of nitrogens with one attached hydrogen (secondary N) is 2. The van der Waals surface area contributed by atoms with Crippen LogP contribution >= 0.6 is 11.6 Å². The molecule has 9 heteroatoms. The van der Waals surface area contributed by atoms with E-state index in [-0.39, 0.29) is 28.0 Å². The zero-order valence-corrected chi connectivity index (χ0v) is 14.8. The van der Waals surface area contributed by atoms with Gasteiger partial charge in [-0.15, -0.1) is 0 Å². The smallest absolute Gasteiger partial charge is 0.310 e. The standard InChI is InChI=1S/C18H14ClF3N4O/c1-8-2-11(8)17(27)25-15-5-10-3-9(4-14(19)12(10)6-23-15)13-7-24-26-16(13)18(20,21)22/h3-8,11H,2H2,1H3,(H,24,26)(H,23,25,27)/t8-,11-/m1/s1. The van der Waals surface area contributed by atoms with Crippen LogP contribution in [0.1, 0.15) is 19.0 Å². The number of H-pyrrole nitrogens is 1. The second-order valence-corrected chi connectivity index (χ2v) is 7.12. The molecule has 1 amide bonds. The first-order chi connectivity index (χ1) is 12.7. The molecule has 5 nitrogen and oxygen atoms in total. The highest BCUT2D eigenvalue weighted by Crippen LogP contribution is 2.40. The molecule has 1 saturated carbocycles. The van der Waals surface area contributed by atoms with Crippen molar-refractivity contribution in [1.29, 1.82) is 0 Å². The lowest BCUT2D eigenvalue weighted by Gasteiger charge is -2.10. The zero-order valence-electron chi connectivity index (χ0n) is 14.1. The first-order valence-electron chi connectivity index (χ1n) is 8.25. The fourth-order valence-corrected chi connectivity index (χ4v) is 3.34. The van der Waals surface area contributed by atoms with Crippen LogP contribution in [0, 0.1) is 11.8 Å². The van der Waals surface area contributed by atoms with Gasteiger partial charge in [0.25, 0.3) is 0 Å². The van der Waals surface area contributed by atoms with Crippen molar-refractivity contribution in [2.45, 2.75) is 19.5 Å². The number of benzene rings is 1. The zero-order chi connectivity index (χ0) is 19.3. The van der Waals surface area contributed by atoms with E-state index in [9.17, 15) is 18.0 Å². The van der Waals surface area contributed by atoms with E-state index in [0.29, 0.717) is 22.5 Å². The number of halogens is 4. The third-order valence-corrected chi connectivity index (χ3v) is 5.03. The molecular weight excluding hydrogens is 381 g/mol. The van der Waals surface area contributed by atoms with Crippen molar-refractivity contribution in [3.8, 4) is 11.1 Å². The highest BCUT2D eigenvalue weighted by molar-refractivity contribution is 6.36. The van der Waals surface area contributed by atoms with Gasteiger partial charge >= 0.3 is 6.18 Å². The number of aromatic nitrogens is 3. The minimum Gasteiger partial charge on any atom is -0.310 e. The monoisotopic (exact) mass is 394 g/mol. The molecule has 3 aromatic rings. The number of carbonyl (C=O) groups is 1. The maximum atomic E-state index is 13.1. The second-order valence-electron chi connectivity index (χ2n) is 6.71. The van der Waals surface area contributed by atoms with Gasteiger partial charge in [0.05, 0.1) is 11.2 Å². The quantitative estimate of drug-likeness (QED) is 0.664. The Morgan fingerprint density at radius 2 is 2.04 bits per heavy atom. The average molecular weight is 395 g/mol. The first-order valence-corrected chi connectivity index (χ1v) is 8.63. The van der Waals surface area contributed by atoms with Gasteiger partial charge in [-0.05, 0) is 41.5 Å². The molecule has 140 valence electrons. The molecule has 4 rings (SSSR count). The van der Waals surface area contributed by atoms with E-state index in [1.165, 1.54) is 12.3 Å². The number of anilines is 1. The van der Waals surface area contributed by atoms with E-state index < -0.39 is 11.9 Å². The SMILES string of the molecule is C[C@@H]1C[C@H]1C(=O)Nc1cc2cc(-c3cn[nH]c3C(F)(F)F)cc(Cl)c2cn1. The van der Waals surface area contributed by atoms with E-state index in [1.807, 2.05) is 12.0 Å². The van der Waals surface area contributed by atoms with Gasteiger partial charge in [-0.3, -0.25) is 9.89 Å². The summed E-state index contributed by atoms with van der Waals surface area (Å²) in [5, 5.41) is 9.65. The topological polar surface area (TPSA) is 70.7 Å². The van der Waals surface area contributed by atoms with Gasteiger partial charge in [-0.1, -0.05) is 18.5 Å². The highest BCUT2D eigenvalue weighted by Gasteiger charge is 2.39. The summed E-state index contributed by atoms with van der Waals surface area (Å²) >= 11 is 6.24. The van der Waals surface area contributed by atoms with Gasteiger partial charge in [-0.25, -0.2) is 4.98 Å². The Labute approximate surface area is 156 Å². The highest BCUT2D eigenvalue weighted by atomic mass is 35.5. The predicted molar refractivity (Wildman–Crippen MR) is 95.2 cm³/mol. The maximum absolute atomic E-state index is 13.1. The molecule has 0 aliphatic heterocycles. The normalized spacial score (nSPS) is 19.3. The number of fused-ring (bicyclic) bond motifs is 1.